The lowest BCUT2D eigenvalue weighted by atomic mass is 10.3. The fourth-order valence-corrected chi connectivity index (χ4v) is 2.60. The van der Waals surface area contributed by atoms with Crippen LogP contribution in [0.15, 0.2) is 36.8 Å². The first-order valence-electron chi connectivity index (χ1n) is 8.73. The Morgan fingerprint density at radius 2 is 2.04 bits per heavy atom. The number of aromatic nitrogens is 4. The summed E-state index contributed by atoms with van der Waals surface area (Å²) in [7, 11) is 0. The van der Waals surface area contributed by atoms with Gasteiger partial charge in [-0.05, 0) is 30.7 Å². The van der Waals surface area contributed by atoms with Gasteiger partial charge in [0.2, 0.25) is 0 Å². The molecule has 142 valence electrons. The number of ether oxygens (including phenoxy) is 1. The lowest BCUT2D eigenvalue weighted by molar-refractivity contribution is -0.123. The average molecular weight is 389 g/mol. The summed E-state index contributed by atoms with van der Waals surface area (Å²) >= 11 is 5.81. The first-order chi connectivity index (χ1) is 13.2. The van der Waals surface area contributed by atoms with Crippen LogP contribution >= 0.6 is 11.6 Å². The Bertz CT molecular complexity index is 897. The van der Waals surface area contributed by atoms with Gasteiger partial charge in [0, 0.05) is 18.1 Å². The van der Waals surface area contributed by atoms with Gasteiger partial charge in [0.15, 0.2) is 12.3 Å². The minimum Gasteiger partial charge on any atom is -0.484 e. The van der Waals surface area contributed by atoms with Crippen LogP contribution in [0.5, 0.6) is 5.75 Å². The fourth-order valence-electron chi connectivity index (χ4n) is 2.47. The summed E-state index contributed by atoms with van der Waals surface area (Å²) in [6.07, 6.45) is 4.25. The van der Waals surface area contributed by atoms with E-state index in [-0.39, 0.29) is 12.5 Å². The van der Waals surface area contributed by atoms with Crippen molar-refractivity contribution in [3.05, 3.63) is 41.8 Å². The van der Waals surface area contributed by atoms with Crippen molar-refractivity contribution in [3.8, 4) is 5.75 Å². The largest absolute Gasteiger partial charge is 0.484 e. The summed E-state index contributed by atoms with van der Waals surface area (Å²) in [5.74, 6) is 1.16. The highest BCUT2D eigenvalue weighted by atomic mass is 35.5. The van der Waals surface area contributed by atoms with E-state index in [1.165, 1.54) is 6.33 Å². The van der Waals surface area contributed by atoms with Crippen molar-refractivity contribution in [1.82, 2.24) is 25.1 Å². The lowest BCUT2D eigenvalue weighted by Gasteiger charge is -2.08. The monoisotopic (exact) mass is 388 g/mol. The summed E-state index contributed by atoms with van der Waals surface area (Å²) in [6.45, 7) is 3.78. The van der Waals surface area contributed by atoms with E-state index in [4.69, 9.17) is 16.3 Å². The molecular formula is C18H21ClN6O2. The molecule has 0 aliphatic rings. The zero-order chi connectivity index (χ0) is 19.1. The van der Waals surface area contributed by atoms with Gasteiger partial charge >= 0.3 is 0 Å². The molecule has 3 aromatic rings. The molecule has 2 aromatic heterocycles. The van der Waals surface area contributed by atoms with Gasteiger partial charge in [-0.15, -0.1) is 0 Å². The Labute approximate surface area is 161 Å². The zero-order valence-electron chi connectivity index (χ0n) is 15.0. The highest BCUT2D eigenvalue weighted by Crippen LogP contribution is 2.18. The maximum atomic E-state index is 11.9. The SMILES string of the molecule is CCCNc1ncnc2c1cnn2CCNC(=O)COc1ccc(Cl)cc1. The predicted molar refractivity (Wildman–Crippen MR) is 104 cm³/mol. The second kappa shape index (κ2) is 9.18. The summed E-state index contributed by atoms with van der Waals surface area (Å²) in [6, 6.07) is 6.86. The van der Waals surface area contributed by atoms with Crippen LogP contribution in [-0.4, -0.2) is 45.4 Å². The number of hydrogen-bond acceptors (Lipinski definition) is 6. The number of nitrogens with one attached hydrogen (secondary N) is 2. The van der Waals surface area contributed by atoms with E-state index in [0.29, 0.717) is 23.9 Å². The fraction of sp³-hybridized carbons (Fsp3) is 0.333. The normalized spacial score (nSPS) is 10.7. The molecule has 0 aliphatic heterocycles. The zero-order valence-corrected chi connectivity index (χ0v) is 15.7. The van der Waals surface area contributed by atoms with Crippen LogP contribution in [0.1, 0.15) is 13.3 Å². The second-order valence-corrected chi connectivity index (χ2v) is 6.28. The van der Waals surface area contributed by atoms with Gasteiger partial charge in [-0.2, -0.15) is 5.10 Å². The van der Waals surface area contributed by atoms with Crippen molar-refractivity contribution in [3.63, 3.8) is 0 Å². The second-order valence-electron chi connectivity index (χ2n) is 5.85. The number of hydrogen-bond donors (Lipinski definition) is 2. The van der Waals surface area contributed by atoms with Crippen LogP contribution in [-0.2, 0) is 11.3 Å². The minimum absolute atomic E-state index is 0.0608. The smallest absolute Gasteiger partial charge is 0.258 e. The Morgan fingerprint density at radius 1 is 1.22 bits per heavy atom. The van der Waals surface area contributed by atoms with E-state index < -0.39 is 0 Å². The molecule has 0 unspecified atom stereocenters. The number of carbonyl (C=O) groups excluding carboxylic acids is 1. The maximum absolute atomic E-state index is 11.9. The molecular weight excluding hydrogens is 368 g/mol. The molecule has 0 bridgehead atoms. The first kappa shape index (κ1) is 18.9. The average Bonchev–Trinajstić information content (AvgIpc) is 3.10. The van der Waals surface area contributed by atoms with Crippen molar-refractivity contribution in [2.24, 2.45) is 0 Å². The molecule has 8 nitrogen and oxygen atoms in total. The van der Waals surface area contributed by atoms with Crippen molar-refractivity contribution in [2.45, 2.75) is 19.9 Å². The van der Waals surface area contributed by atoms with Crippen LogP contribution in [0.25, 0.3) is 11.0 Å². The number of benzene rings is 1. The van der Waals surface area contributed by atoms with Crippen LogP contribution in [0.2, 0.25) is 5.02 Å². The van der Waals surface area contributed by atoms with E-state index in [0.717, 1.165) is 29.8 Å². The quantitative estimate of drug-likeness (QED) is 0.585. The number of carbonyl (C=O) groups is 1. The van der Waals surface area contributed by atoms with Crippen LogP contribution < -0.4 is 15.4 Å². The highest BCUT2D eigenvalue weighted by molar-refractivity contribution is 6.30. The molecule has 0 saturated heterocycles. The molecule has 0 aliphatic carbocycles. The molecule has 27 heavy (non-hydrogen) atoms. The van der Waals surface area contributed by atoms with Crippen molar-refractivity contribution in [1.29, 1.82) is 0 Å². The Balaban J connectivity index is 1.50. The maximum Gasteiger partial charge on any atom is 0.258 e. The standard InChI is InChI=1S/C18H21ClN6O2/c1-2-7-21-17-15-10-24-25(18(15)23-12-22-17)9-8-20-16(26)11-27-14-5-3-13(19)4-6-14/h3-6,10,12H,2,7-9,11H2,1H3,(H,20,26)(H,21,22,23). The molecule has 9 heteroatoms. The molecule has 0 fully saturated rings. The third-order valence-electron chi connectivity index (χ3n) is 3.81. The van der Waals surface area contributed by atoms with E-state index in [1.54, 1.807) is 35.1 Å². The van der Waals surface area contributed by atoms with Gasteiger partial charge in [-0.1, -0.05) is 18.5 Å². The summed E-state index contributed by atoms with van der Waals surface area (Å²) in [4.78, 5) is 20.5. The van der Waals surface area contributed by atoms with Crippen LogP contribution in [0.3, 0.4) is 0 Å². The first-order valence-corrected chi connectivity index (χ1v) is 9.10. The van der Waals surface area contributed by atoms with Crippen molar-refractivity contribution < 1.29 is 9.53 Å². The van der Waals surface area contributed by atoms with E-state index in [1.807, 2.05) is 0 Å². The lowest BCUT2D eigenvalue weighted by Crippen LogP contribution is -2.31. The number of amides is 1. The van der Waals surface area contributed by atoms with Crippen molar-refractivity contribution in [2.75, 3.05) is 25.0 Å². The molecule has 0 radical (unpaired) electrons. The Kier molecular flexibility index (Phi) is 6.43. The van der Waals surface area contributed by atoms with Gasteiger partial charge in [0.05, 0.1) is 18.1 Å². The molecule has 0 saturated carbocycles. The molecule has 1 aromatic carbocycles. The van der Waals surface area contributed by atoms with Gasteiger partial charge in [0.25, 0.3) is 5.91 Å². The van der Waals surface area contributed by atoms with Gasteiger partial charge in [-0.3, -0.25) is 4.79 Å². The summed E-state index contributed by atoms with van der Waals surface area (Å²) < 4.78 is 7.16. The van der Waals surface area contributed by atoms with Gasteiger partial charge in [0.1, 0.15) is 17.9 Å². The number of nitrogens with zero attached hydrogens (tertiary/aromatic N) is 4. The Hall–Kier alpha value is -2.87. The third kappa shape index (κ3) is 5.07. The number of anilines is 1. The van der Waals surface area contributed by atoms with E-state index >= 15 is 0 Å². The molecule has 2 heterocycles. The molecule has 0 atom stereocenters. The molecule has 3 rings (SSSR count). The molecule has 1 amide bonds. The predicted octanol–water partition coefficient (Wildman–Crippen LogP) is 2.50. The molecule has 0 spiro atoms. The van der Waals surface area contributed by atoms with Crippen LogP contribution in [0, 0.1) is 0 Å². The topological polar surface area (TPSA) is 94.0 Å². The van der Waals surface area contributed by atoms with Crippen LogP contribution in [0.4, 0.5) is 5.82 Å². The van der Waals surface area contributed by atoms with E-state index in [9.17, 15) is 4.79 Å². The van der Waals surface area contributed by atoms with Gasteiger partial charge < -0.3 is 15.4 Å². The number of fused-ring (bicyclic) bond motifs is 1. The highest BCUT2D eigenvalue weighted by Gasteiger charge is 2.10. The summed E-state index contributed by atoms with van der Waals surface area (Å²) in [5, 5.41) is 11.9. The van der Waals surface area contributed by atoms with E-state index in [2.05, 4.69) is 32.6 Å². The third-order valence-corrected chi connectivity index (χ3v) is 4.06. The van der Waals surface area contributed by atoms with Crippen molar-refractivity contribution >= 4 is 34.4 Å². The Morgan fingerprint density at radius 3 is 2.81 bits per heavy atom. The minimum atomic E-state index is -0.207. The summed E-state index contributed by atoms with van der Waals surface area (Å²) in [5.41, 5.74) is 0.732. The number of rotatable bonds is 9. The van der Waals surface area contributed by atoms with Gasteiger partial charge in [-0.25, -0.2) is 14.6 Å². The number of halogens is 1. The molecule has 2 N–H and O–H groups in total.